The molecule has 5 rings (SSSR count). The Morgan fingerprint density at radius 2 is 1.01 bits per heavy atom. The lowest BCUT2D eigenvalue weighted by Gasteiger charge is -2.36. The Hall–Kier alpha value is -7.56. The summed E-state index contributed by atoms with van der Waals surface area (Å²) in [6, 6.07) is 16.8. The van der Waals surface area contributed by atoms with E-state index in [1.54, 1.807) is 102 Å². The molecule has 0 saturated carbocycles. The number of Topliss-reactive ketones (excluding diaryl/α,β-unsaturated/α-hetero) is 1. The third-order valence-electron chi connectivity index (χ3n) is 15.1. The van der Waals surface area contributed by atoms with Crippen LogP contribution in [-0.2, 0) is 47.8 Å². The number of benzene rings is 3. The molecule has 2 aliphatic rings. The van der Waals surface area contributed by atoms with E-state index in [-0.39, 0.29) is 68.4 Å². The van der Waals surface area contributed by atoms with Crippen molar-refractivity contribution in [3.8, 4) is 0 Å². The van der Waals surface area contributed by atoms with Crippen molar-refractivity contribution in [3.63, 3.8) is 0 Å². The molecule has 0 aromatic heterocycles. The summed E-state index contributed by atoms with van der Waals surface area (Å²) in [7, 11) is 1.65. The number of hydrogen-bond acceptors (Lipinski definition) is 13. The van der Waals surface area contributed by atoms with E-state index in [0.29, 0.717) is 17.5 Å². The fourth-order valence-electron chi connectivity index (χ4n) is 9.87. The lowest BCUT2D eigenvalue weighted by molar-refractivity contribution is -0.146. The number of rotatable bonds is 27. The van der Waals surface area contributed by atoms with Crippen LogP contribution in [0.15, 0.2) is 84.9 Å². The Kier molecular flexibility index (Phi) is 23.4. The van der Waals surface area contributed by atoms with Gasteiger partial charge in [-0.2, -0.15) is 0 Å². The van der Waals surface area contributed by atoms with Crippen molar-refractivity contribution in [1.29, 1.82) is 0 Å². The summed E-state index contributed by atoms with van der Waals surface area (Å²) in [6.07, 6.45) is 0.417. The summed E-state index contributed by atoms with van der Waals surface area (Å²) in [6.45, 7) is 15.1. The highest BCUT2D eigenvalue weighted by Crippen LogP contribution is 2.35. The van der Waals surface area contributed by atoms with Crippen LogP contribution in [0.25, 0.3) is 0 Å². The topological polar surface area (TPSA) is 320 Å². The first-order valence-electron chi connectivity index (χ1n) is 27.9. The van der Waals surface area contributed by atoms with Crippen molar-refractivity contribution in [1.82, 2.24) is 41.7 Å². The zero-order valence-corrected chi connectivity index (χ0v) is 48.9. The number of amides is 9. The standard InChI is InChI=1S/C60H84N10O12/c1-11-35(2)52(74)68-51(60(7,8)9)58(80)70-30-42(27-47(70)56(78)67-45(32-82-34-50(62)73)38-20-16-13-17-21-38)65-54(76)40-24-22-39(23-25-40)53(75)64-41-26-46(55(77)66-44(31-81-33-49(61)72)37-18-14-12-15-19-37)69(29-41)57(79)43(59(4,5)6)28-48(71)36(3)63-10/h12-25,35-36,41-47,51,63H,11,26-34H2,1-10H3,(H2,61,72)(H2,62,73)(H,64,75)(H,65,76)(H,66,77)(H,67,78)(H,68,74)/t35-,36+,41+,42+,43-,44-,45-,46+,47?,51-/m1/s1. The Labute approximate surface area is 480 Å². The summed E-state index contributed by atoms with van der Waals surface area (Å²) in [5.41, 5.74) is 10.8. The molecule has 0 aliphatic carbocycles. The maximum Gasteiger partial charge on any atom is 0.251 e. The second kappa shape index (κ2) is 29.4. The molecule has 10 N–H and O–H groups in total. The van der Waals surface area contributed by atoms with Crippen LogP contribution in [0.4, 0.5) is 0 Å². The van der Waals surface area contributed by atoms with Crippen molar-refractivity contribution in [2.45, 2.75) is 136 Å². The van der Waals surface area contributed by atoms with Gasteiger partial charge in [0.25, 0.3) is 11.8 Å². The first-order chi connectivity index (χ1) is 38.6. The third kappa shape index (κ3) is 18.2. The fourth-order valence-corrected chi connectivity index (χ4v) is 9.87. The lowest BCUT2D eigenvalue weighted by Crippen LogP contribution is -2.58. The van der Waals surface area contributed by atoms with Gasteiger partial charge in [0.05, 0.1) is 31.3 Å². The van der Waals surface area contributed by atoms with Crippen molar-refractivity contribution < 1.29 is 57.4 Å². The molecule has 0 spiro atoms. The third-order valence-corrected chi connectivity index (χ3v) is 15.1. The van der Waals surface area contributed by atoms with Crippen molar-refractivity contribution >= 4 is 58.9 Å². The van der Waals surface area contributed by atoms with E-state index in [1.807, 2.05) is 27.7 Å². The summed E-state index contributed by atoms with van der Waals surface area (Å²) in [4.78, 5) is 139. The van der Waals surface area contributed by atoms with E-state index in [4.69, 9.17) is 20.9 Å². The molecule has 0 bridgehead atoms. The first-order valence-corrected chi connectivity index (χ1v) is 27.9. The monoisotopic (exact) mass is 1140 g/mol. The van der Waals surface area contributed by atoms with Crippen LogP contribution in [0.2, 0.25) is 0 Å². The molecular weight excluding hydrogens is 1050 g/mol. The van der Waals surface area contributed by atoms with Crippen LogP contribution < -0.4 is 43.4 Å². The van der Waals surface area contributed by atoms with Crippen molar-refractivity contribution in [2.24, 2.45) is 34.1 Å². The molecule has 1 unspecified atom stereocenters. The summed E-state index contributed by atoms with van der Waals surface area (Å²) in [5, 5.41) is 17.7. The van der Waals surface area contributed by atoms with Crippen LogP contribution in [-0.4, -0.2) is 152 Å². The van der Waals surface area contributed by atoms with Crippen molar-refractivity contribution in [2.75, 3.05) is 46.6 Å². The molecule has 3 aromatic carbocycles. The van der Waals surface area contributed by atoms with Gasteiger partial charge in [-0.1, -0.05) is 116 Å². The maximum absolute atomic E-state index is 14.7. The number of carbonyl (C=O) groups is 10. The first kappa shape index (κ1) is 65.3. The van der Waals surface area contributed by atoms with E-state index in [2.05, 4.69) is 31.9 Å². The molecule has 446 valence electrons. The molecule has 10 atom stereocenters. The Morgan fingerprint density at radius 3 is 1.38 bits per heavy atom. The van der Waals surface area contributed by atoms with Gasteiger partial charge in [-0.3, -0.25) is 47.9 Å². The van der Waals surface area contributed by atoms with Gasteiger partial charge in [-0.05, 0) is 79.5 Å². The zero-order valence-electron chi connectivity index (χ0n) is 48.9. The maximum atomic E-state index is 14.7. The molecule has 2 aliphatic heterocycles. The summed E-state index contributed by atoms with van der Waals surface area (Å²) < 4.78 is 11.1. The number of ketones is 1. The van der Waals surface area contributed by atoms with Gasteiger partial charge >= 0.3 is 0 Å². The van der Waals surface area contributed by atoms with Crippen LogP contribution in [0.1, 0.15) is 132 Å². The number of nitrogens with two attached hydrogens (primary N) is 2. The Balaban J connectivity index is 1.37. The van der Waals surface area contributed by atoms with Crippen LogP contribution in [0.3, 0.4) is 0 Å². The van der Waals surface area contributed by atoms with Gasteiger partial charge in [0, 0.05) is 54.6 Å². The highest BCUT2D eigenvalue weighted by atomic mass is 16.5. The molecule has 2 fully saturated rings. The van der Waals surface area contributed by atoms with Gasteiger partial charge in [-0.15, -0.1) is 0 Å². The smallest absolute Gasteiger partial charge is 0.251 e. The number of primary amides is 2. The Bertz CT molecular complexity index is 2550. The van der Waals surface area contributed by atoms with E-state index in [9.17, 15) is 47.9 Å². The average molecular weight is 1140 g/mol. The molecule has 0 radical (unpaired) electrons. The largest absolute Gasteiger partial charge is 0.369 e. The van der Waals surface area contributed by atoms with Gasteiger partial charge in [0.15, 0.2) is 0 Å². The average Bonchev–Trinajstić information content (AvgIpc) is 4.20. The number of nitrogens with zero attached hydrogens (tertiary/aromatic N) is 2. The van der Waals surface area contributed by atoms with Crippen molar-refractivity contribution in [3.05, 3.63) is 107 Å². The lowest BCUT2D eigenvalue weighted by atomic mass is 9.76. The molecular formula is C60H84N10O12. The minimum absolute atomic E-state index is 0.00181. The predicted octanol–water partition coefficient (Wildman–Crippen LogP) is 2.61. The number of hydrogen-bond donors (Lipinski definition) is 8. The predicted molar refractivity (Wildman–Crippen MR) is 306 cm³/mol. The molecule has 2 heterocycles. The molecule has 82 heavy (non-hydrogen) atoms. The van der Waals surface area contributed by atoms with E-state index >= 15 is 0 Å². The second-order valence-corrected chi connectivity index (χ2v) is 23.5. The number of likely N-dealkylation sites (tertiary alicyclic amines) is 2. The molecule has 3 aromatic rings. The molecule has 2 saturated heterocycles. The van der Waals surface area contributed by atoms with Gasteiger partial charge in [0.1, 0.15) is 37.1 Å². The summed E-state index contributed by atoms with van der Waals surface area (Å²) in [5.74, 6) is -6.33. The van der Waals surface area contributed by atoms with Gasteiger partial charge in [0.2, 0.25) is 41.4 Å². The number of ether oxygens (including phenoxy) is 2. The highest BCUT2D eigenvalue weighted by molar-refractivity contribution is 5.99. The van der Waals surface area contributed by atoms with Gasteiger partial charge in [-0.25, -0.2) is 0 Å². The Morgan fingerprint density at radius 1 is 0.598 bits per heavy atom. The SMILES string of the molecule is CC[C@@H](C)C(=O)N[C@H](C(=O)N1C[C@@H](NC(=O)c2ccc(C(=O)N[C@H]3C[C@@H](C(=O)N[C@H](COCC(N)=O)c4ccccc4)N(C(=O)[C@@H](CC(=O)[C@H](C)NC)C(C)(C)C)C3)cc2)CC1C(=O)N[C@H](COCC(N)=O)c1ccccc1)C(C)(C)C. The fraction of sp³-hybridized carbons (Fsp3) is 0.533. The number of nitrogens with one attached hydrogen (secondary N) is 6. The molecule has 9 amide bonds. The van der Waals surface area contributed by atoms with E-state index in [0.717, 1.165) is 0 Å². The molecule has 22 nitrogen and oxygen atoms in total. The van der Waals surface area contributed by atoms with Crippen LogP contribution >= 0.6 is 0 Å². The second-order valence-electron chi connectivity index (χ2n) is 23.5. The van der Waals surface area contributed by atoms with E-state index < -0.39 is 131 Å². The molecule has 22 heteroatoms. The van der Waals surface area contributed by atoms with Gasteiger partial charge < -0.3 is 62.6 Å². The number of carbonyl (C=O) groups excluding carboxylic acids is 10. The van der Waals surface area contributed by atoms with Crippen LogP contribution in [0.5, 0.6) is 0 Å². The minimum Gasteiger partial charge on any atom is -0.369 e. The quantitative estimate of drug-likeness (QED) is 0.0545. The van der Waals surface area contributed by atoms with E-state index in [1.165, 1.54) is 34.1 Å². The number of likely N-dealkylation sites (N-methyl/N-ethyl adjacent to an activating group) is 1. The normalized spacial score (nSPS) is 19.3. The summed E-state index contributed by atoms with van der Waals surface area (Å²) >= 11 is 0. The van der Waals surface area contributed by atoms with Crippen LogP contribution in [0, 0.1) is 22.7 Å². The zero-order chi connectivity index (χ0) is 60.6. The highest BCUT2D eigenvalue weighted by Gasteiger charge is 2.48. The minimum atomic E-state index is -1.12.